The van der Waals surface area contributed by atoms with Gasteiger partial charge in [0, 0.05) is 18.7 Å². The van der Waals surface area contributed by atoms with Crippen molar-refractivity contribution >= 4 is 17.5 Å². The third kappa shape index (κ3) is 2.21. The van der Waals surface area contributed by atoms with Gasteiger partial charge >= 0.3 is 0 Å². The van der Waals surface area contributed by atoms with Crippen molar-refractivity contribution in [2.75, 3.05) is 12.3 Å². The van der Waals surface area contributed by atoms with Gasteiger partial charge in [0.15, 0.2) is 5.82 Å². The van der Waals surface area contributed by atoms with Gasteiger partial charge in [0.25, 0.3) is 0 Å². The van der Waals surface area contributed by atoms with Crippen LogP contribution in [0.15, 0.2) is 10.3 Å². The molecule has 1 aromatic rings. The second kappa shape index (κ2) is 4.32. The normalized spacial score (nSPS) is 15.3. The van der Waals surface area contributed by atoms with Crippen LogP contribution in [-0.2, 0) is 6.42 Å². The average molecular weight is 225 g/mol. The third-order valence-electron chi connectivity index (χ3n) is 2.11. The Morgan fingerprint density at radius 1 is 1.47 bits per heavy atom. The minimum Gasteiger partial charge on any atom is -0.325 e. The predicted octanol–water partition coefficient (Wildman–Crippen LogP) is 0.745. The molecule has 0 saturated carbocycles. The molecule has 15 heavy (non-hydrogen) atoms. The molecule has 1 aromatic heterocycles. The Morgan fingerprint density at radius 3 is 2.93 bits per heavy atom. The Balaban J connectivity index is 2.30. The van der Waals surface area contributed by atoms with Crippen LogP contribution in [0.25, 0.3) is 0 Å². The van der Waals surface area contributed by atoms with Gasteiger partial charge < -0.3 is 5.73 Å². The lowest BCUT2D eigenvalue weighted by Gasteiger charge is -2.12. The van der Waals surface area contributed by atoms with Gasteiger partial charge in [-0.1, -0.05) is 25.6 Å². The molecule has 0 fully saturated rings. The van der Waals surface area contributed by atoms with E-state index in [0.717, 1.165) is 28.9 Å². The lowest BCUT2D eigenvalue weighted by molar-refractivity contribution is 0.587. The summed E-state index contributed by atoms with van der Waals surface area (Å²) in [4.78, 5) is 0. The average Bonchev–Trinajstić information content (AvgIpc) is 2.60. The molecule has 0 spiro atoms. The second-order valence-corrected chi connectivity index (χ2v) is 4.91. The Hall–Kier alpha value is -0.880. The molecular weight excluding hydrogens is 210 g/mol. The fourth-order valence-corrected chi connectivity index (χ4v) is 2.23. The van der Waals surface area contributed by atoms with Crippen LogP contribution < -0.4 is 5.73 Å². The smallest absolute Gasteiger partial charge is 0.212 e. The molecule has 0 aliphatic carbocycles. The Labute approximate surface area is 93.1 Å². The third-order valence-corrected chi connectivity index (χ3v) is 3.10. The molecule has 0 saturated heterocycles. The number of fused-ring (bicyclic) bond motifs is 1. The van der Waals surface area contributed by atoms with E-state index in [1.54, 1.807) is 11.8 Å². The van der Waals surface area contributed by atoms with Gasteiger partial charge in [0.2, 0.25) is 5.16 Å². The molecule has 0 amide bonds. The van der Waals surface area contributed by atoms with Crippen molar-refractivity contribution < 1.29 is 0 Å². The van der Waals surface area contributed by atoms with Gasteiger partial charge in [-0.3, -0.25) is 0 Å². The summed E-state index contributed by atoms with van der Waals surface area (Å²) in [5.74, 6) is 2.32. The molecule has 1 aliphatic heterocycles. The monoisotopic (exact) mass is 225 g/mol. The molecule has 0 bridgehead atoms. The van der Waals surface area contributed by atoms with Crippen molar-refractivity contribution in [2.24, 2.45) is 16.8 Å². The maximum atomic E-state index is 5.58. The van der Waals surface area contributed by atoms with Crippen LogP contribution >= 0.6 is 11.8 Å². The highest BCUT2D eigenvalue weighted by Crippen LogP contribution is 2.22. The van der Waals surface area contributed by atoms with Crippen LogP contribution in [0.5, 0.6) is 0 Å². The zero-order valence-corrected chi connectivity index (χ0v) is 9.79. The first-order valence-corrected chi connectivity index (χ1v) is 6.03. The predicted molar refractivity (Wildman–Crippen MR) is 61.2 cm³/mol. The number of aromatic nitrogens is 3. The van der Waals surface area contributed by atoms with Gasteiger partial charge in [-0.05, 0) is 5.92 Å². The Morgan fingerprint density at radius 2 is 2.27 bits per heavy atom. The van der Waals surface area contributed by atoms with E-state index in [9.17, 15) is 0 Å². The minimum absolute atomic E-state index is 0.506. The van der Waals surface area contributed by atoms with Crippen LogP contribution in [0.2, 0.25) is 0 Å². The van der Waals surface area contributed by atoms with Crippen molar-refractivity contribution in [3.63, 3.8) is 0 Å². The molecule has 2 N–H and O–H groups in total. The first-order chi connectivity index (χ1) is 7.20. The summed E-state index contributed by atoms with van der Waals surface area (Å²) in [7, 11) is 0. The lowest BCUT2D eigenvalue weighted by atomic mass is 10.1. The standard InChI is InChI=1S/C9H15N5S/c1-6(2)3-8-11-12-9-14(8)13-7(4-10)5-15-9/h6H,3-5,10H2,1-2H3. The number of nitrogens with two attached hydrogens (primary N) is 1. The summed E-state index contributed by atoms with van der Waals surface area (Å²) in [6, 6.07) is 0. The maximum Gasteiger partial charge on any atom is 0.212 e. The van der Waals surface area contributed by atoms with Crippen molar-refractivity contribution in [1.82, 2.24) is 14.9 Å². The molecule has 0 radical (unpaired) electrons. The van der Waals surface area contributed by atoms with E-state index in [-0.39, 0.29) is 0 Å². The van der Waals surface area contributed by atoms with Crippen molar-refractivity contribution in [1.29, 1.82) is 0 Å². The highest BCUT2D eigenvalue weighted by atomic mass is 32.2. The quantitative estimate of drug-likeness (QED) is 0.824. The summed E-state index contributed by atoms with van der Waals surface area (Å²) in [6.45, 7) is 4.82. The number of nitrogens with zero attached hydrogens (tertiary/aromatic N) is 4. The van der Waals surface area contributed by atoms with Gasteiger partial charge in [0.1, 0.15) is 0 Å². The SMILES string of the molecule is CC(C)Cc1nnc2n1N=C(CN)CS2. The van der Waals surface area contributed by atoms with Gasteiger partial charge in [0.05, 0.1) is 5.71 Å². The fraction of sp³-hybridized carbons (Fsp3) is 0.667. The summed E-state index contributed by atoms with van der Waals surface area (Å²) in [6.07, 6.45) is 0.898. The number of thioether (sulfide) groups is 1. The summed E-state index contributed by atoms with van der Waals surface area (Å²) in [5.41, 5.74) is 6.58. The van der Waals surface area contributed by atoms with Crippen LogP contribution in [0.3, 0.4) is 0 Å². The summed E-state index contributed by atoms with van der Waals surface area (Å²) in [5, 5.41) is 13.6. The molecule has 82 valence electrons. The van der Waals surface area contributed by atoms with E-state index in [0.29, 0.717) is 12.5 Å². The van der Waals surface area contributed by atoms with E-state index in [2.05, 4.69) is 29.1 Å². The fourth-order valence-electron chi connectivity index (χ4n) is 1.40. The van der Waals surface area contributed by atoms with E-state index in [4.69, 9.17) is 5.73 Å². The van der Waals surface area contributed by atoms with Gasteiger partial charge in [-0.15, -0.1) is 10.2 Å². The summed E-state index contributed by atoms with van der Waals surface area (Å²) < 4.78 is 1.83. The van der Waals surface area contributed by atoms with Crippen LogP contribution in [0, 0.1) is 5.92 Å². The topological polar surface area (TPSA) is 69.1 Å². The molecule has 0 aromatic carbocycles. The van der Waals surface area contributed by atoms with Gasteiger partial charge in [-0.25, -0.2) is 0 Å². The van der Waals surface area contributed by atoms with Crippen LogP contribution in [-0.4, -0.2) is 32.9 Å². The molecule has 2 heterocycles. The highest BCUT2D eigenvalue weighted by molar-refractivity contribution is 7.99. The molecule has 5 nitrogen and oxygen atoms in total. The van der Waals surface area contributed by atoms with E-state index in [1.165, 1.54) is 0 Å². The molecular formula is C9H15N5S. The number of rotatable bonds is 3. The molecule has 0 unspecified atom stereocenters. The summed E-state index contributed by atoms with van der Waals surface area (Å²) >= 11 is 1.65. The zero-order chi connectivity index (χ0) is 10.8. The largest absolute Gasteiger partial charge is 0.325 e. The zero-order valence-electron chi connectivity index (χ0n) is 8.97. The maximum absolute atomic E-state index is 5.58. The first kappa shape index (κ1) is 10.6. The van der Waals surface area contributed by atoms with Crippen molar-refractivity contribution in [3.8, 4) is 0 Å². The van der Waals surface area contributed by atoms with Crippen molar-refractivity contribution in [3.05, 3.63) is 5.82 Å². The Bertz CT molecular complexity index is 382. The van der Waals surface area contributed by atoms with Gasteiger partial charge in [-0.2, -0.15) is 9.78 Å². The number of hydrogen-bond donors (Lipinski definition) is 1. The Kier molecular flexibility index (Phi) is 3.06. The lowest BCUT2D eigenvalue weighted by Crippen LogP contribution is -2.21. The minimum atomic E-state index is 0.506. The second-order valence-electron chi connectivity index (χ2n) is 3.97. The van der Waals surface area contributed by atoms with E-state index in [1.807, 2.05) is 4.68 Å². The van der Waals surface area contributed by atoms with E-state index >= 15 is 0 Å². The molecule has 1 aliphatic rings. The number of hydrogen-bond acceptors (Lipinski definition) is 5. The molecule has 6 heteroatoms. The first-order valence-electron chi connectivity index (χ1n) is 5.04. The van der Waals surface area contributed by atoms with Crippen LogP contribution in [0.4, 0.5) is 0 Å². The molecule has 0 atom stereocenters. The van der Waals surface area contributed by atoms with Crippen LogP contribution in [0.1, 0.15) is 19.7 Å². The van der Waals surface area contributed by atoms with Crippen molar-refractivity contribution in [2.45, 2.75) is 25.4 Å². The highest BCUT2D eigenvalue weighted by Gasteiger charge is 2.18. The van der Waals surface area contributed by atoms with E-state index < -0.39 is 0 Å². The molecule has 2 rings (SSSR count).